The Morgan fingerprint density at radius 1 is 1.38 bits per heavy atom. The van der Waals surface area contributed by atoms with E-state index in [1.54, 1.807) is 28.4 Å². The van der Waals surface area contributed by atoms with Crippen LogP contribution in [0, 0.1) is 6.92 Å². The molecular weight excluding hydrogens is 308 g/mol. The molecule has 8 heteroatoms. The first-order valence-electron chi connectivity index (χ1n) is 6.83. The van der Waals surface area contributed by atoms with Crippen molar-refractivity contribution in [3.63, 3.8) is 0 Å². The number of rotatable bonds is 1. The molecule has 21 heavy (non-hydrogen) atoms. The van der Waals surface area contributed by atoms with Gasteiger partial charge in [-0.05, 0) is 6.92 Å². The van der Waals surface area contributed by atoms with Crippen LogP contribution >= 0.6 is 23.5 Å². The average molecular weight is 326 g/mol. The van der Waals surface area contributed by atoms with Crippen LogP contribution in [-0.4, -0.2) is 56.5 Å². The van der Waals surface area contributed by atoms with Gasteiger partial charge in [0.2, 0.25) is 5.91 Å². The van der Waals surface area contributed by atoms with Gasteiger partial charge in [0.25, 0.3) is 5.91 Å². The molecule has 0 aliphatic carbocycles. The average Bonchev–Trinajstić information content (AvgIpc) is 3.04. The molecule has 0 N–H and O–H groups in total. The Morgan fingerprint density at radius 3 is 2.86 bits per heavy atom. The third-order valence-electron chi connectivity index (χ3n) is 3.80. The lowest BCUT2D eigenvalue weighted by atomic mass is 10.2. The van der Waals surface area contributed by atoms with Crippen molar-refractivity contribution in [3.8, 4) is 0 Å². The van der Waals surface area contributed by atoms with E-state index in [-0.39, 0.29) is 17.9 Å². The van der Waals surface area contributed by atoms with Gasteiger partial charge in [0, 0.05) is 32.0 Å². The van der Waals surface area contributed by atoms with Crippen LogP contribution in [0.25, 0.3) is 0 Å². The number of fused-ring (bicyclic) bond motifs is 1. The van der Waals surface area contributed by atoms with Crippen molar-refractivity contribution in [2.24, 2.45) is 7.05 Å². The minimum atomic E-state index is -0.344. The van der Waals surface area contributed by atoms with Crippen LogP contribution in [0.1, 0.15) is 12.6 Å². The molecule has 0 spiro atoms. The molecule has 1 unspecified atom stereocenters. The van der Waals surface area contributed by atoms with Gasteiger partial charge < -0.3 is 9.80 Å². The van der Waals surface area contributed by atoms with Gasteiger partial charge in [-0.25, -0.2) is 0 Å². The summed E-state index contributed by atoms with van der Waals surface area (Å²) in [6, 6.07) is -0.344. The Bertz CT molecular complexity index is 601. The molecule has 0 saturated carbocycles. The Morgan fingerprint density at radius 2 is 2.14 bits per heavy atom. The van der Waals surface area contributed by atoms with E-state index < -0.39 is 0 Å². The Hall–Kier alpha value is -1.15. The van der Waals surface area contributed by atoms with E-state index in [1.807, 2.05) is 23.6 Å². The summed E-state index contributed by atoms with van der Waals surface area (Å²) in [5.74, 6) is 2.13. The highest BCUT2D eigenvalue weighted by atomic mass is 32.2. The number of amides is 2. The molecule has 6 nitrogen and oxygen atoms in total. The SMILES string of the molecule is CC(=O)N1CSCC1C(=O)N1CCSc2c1c(C)nn2C. The molecule has 1 fully saturated rings. The number of hydrogen-bond donors (Lipinski definition) is 0. The van der Waals surface area contributed by atoms with Crippen molar-refractivity contribution in [3.05, 3.63) is 5.69 Å². The monoisotopic (exact) mass is 326 g/mol. The molecule has 1 aromatic heterocycles. The zero-order valence-corrected chi connectivity index (χ0v) is 14.0. The number of aryl methyl sites for hydroxylation is 2. The van der Waals surface area contributed by atoms with Gasteiger partial charge in [0.15, 0.2) is 0 Å². The second kappa shape index (κ2) is 5.57. The van der Waals surface area contributed by atoms with Gasteiger partial charge in [0.1, 0.15) is 11.1 Å². The van der Waals surface area contributed by atoms with Gasteiger partial charge in [-0.15, -0.1) is 23.5 Å². The maximum absolute atomic E-state index is 12.9. The summed E-state index contributed by atoms with van der Waals surface area (Å²) in [5.41, 5.74) is 1.78. The van der Waals surface area contributed by atoms with Crippen molar-refractivity contribution >= 4 is 41.0 Å². The van der Waals surface area contributed by atoms with E-state index in [2.05, 4.69) is 5.10 Å². The second-order valence-electron chi connectivity index (χ2n) is 5.21. The smallest absolute Gasteiger partial charge is 0.250 e. The van der Waals surface area contributed by atoms with Crippen molar-refractivity contribution in [2.45, 2.75) is 24.9 Å². The molecule has 0 aromatic carbocycles. The first-order valence-corrected chi connectivity index (χ1v) is 8.97. The van der Waals surface area contributed by atoms with Crippen LogP contribution in [0.15, 0.2) is 5.03 Å². The summed E-state index contributed by atoms with van der Waals surface area (Å²) in [4.78, 5) is 28.1. The highest BCUT2D eigenvalue weighted by molar-refractivity contribution is 7.99. The van der Waals surface area contributed by atoms with E-state index in [4.69, 9.17) is 0 Å². The number of nitrogens with zero attached hydrogens (tertiary/aromatic N) is 4. The molecule has 2 amide bonds. The molecule has 0 bridgehead atoms. The van der Waals surface area contributed by atoms with Crippen LogP contribution < -0.4 is 4.90 Å². The van der Waals surface area contributed by atoms with E-state index in [0.29, 0.717) is 18.2 Å². The lowest BCUT2D eigenvalue weighted by Gasteiger charge is -2.32. The van der Waals surface area contributed by atoms with Crippen LogP contribution in [0.3, 0.4) is 0 Å². The zero-order chi connectivity index (χ0) is 15.1. The van der Waals surface area contributed by atoms with E-state index in [9.17, 15) is 9.59 Å². The van der Waals surface area contributed by atoms with Crippen LogP contribution in [0.4, 0.5) is 5.69 Å². The summed E-state index contributed by atoms with van der Waals surface area (Å²) >= 11 is 3.36. The third-order valence-corrected chi connectivity index (χ3v) is 5.93. The quantitative estimate of drug-likeness (QED) is 0.773. The molecule has 2 aliphatic rings. The number of carbonyl (C=O) groups excluding carboxylic acids is 2. The van der Waals surface area contributed by atoms with Crippen molar-refractivity contribution in [1.29, 1.82) is 0 Å². The van der Waals surface area contributed by atoms with Gasteiger partial charge in [-0.3, -0.25) is 14.3 Å². The first kappa shape index (κ1) is 14.8. The fraction of sp³-hybridized carbons (Fsp3) is 0.615. The van der Waals surface area contributed by atoms with E-state index >= 15 is 0 Å². The van der Waals surface area contributed by atoms with Crippen molar-refractivity contribution in [2.75, 3.05) is 28.8 Å². The van der Waals surface area contributed by atoms with Gasteiger partial charge in [-0.1, -0.05) is 0 Å². The van der Waals surface area contributed by atoms with Crippen LogP contribution in [-0.2, 0) is 16.6 Å². The summed E-state index contributed by atoms with van der Waals surface area (Å²) in [7, 11) is 1.90. The first-order chi connectivity index (χ1) is 10.0. The normalized spacial score (nSPS) is 21.6. The van der Waals surface area contributed by atoms with Gasteiger partial charge >= 0.3 is 0 Å². The maximum atomic E-state index is 12.9. The minimum Gasteiger partial charge on any atom is -0.321 e. The minimum absolute atomic E-state index is 0.0212. The number of hydrogen-bond acceptors (Lipinski definition) is 5. The Labute approximate surface area is 132 Å². The molecule has 1 saturated heterocycles. The summed E-state index contributed by atoms with van der Waals surface area (Å²) in [6.07, 6.45) is 0. The van der Waals surface area contributed by atoms with Crippen molar-refractivity contribution < 1.29 is 9.59 Å². The summed E-state index contributed by atoms with van der Waals surface area (Å²) in [6.45, 7) is 4.13. The van der Waals surface area contributed by atoms with E-state index in [1.165, 1.54) is 6.92 Å². The molecule has 3 rings (SSSR count). The van der Waals surface area contributed by atoms with Crippen LogP contribution in [0.5, 0.6) is 0 Å². The van der Waals surface area contributed by atoms with Crippen molar-refractivity contribution in [1.82, 2.24) is 14.7 Å². The highest BCUT2D eigenvalue weighted by Crippen LogP contribution is 2.38. The fourth-order valence-corrected chi connectivity index (χ4v) is 5.10. The van der Waals surface area contributed by atoms with Crippen LogP contribution in [0.2, 0.25) is 0 Å². The topological polar surface area (TPSA) is 58.4 Å². The standard InChI is InChI=1S/C13H18N4O2S2/c1-8-11-13(15(3)14-8)21-5-4-16(11)12(19)10-6-20-7-17(10)9(2)18/h10H,4-7H2,1-3H3. The molecular formula is C13H18N4O2S2. The lowest BCUT2D eigenvalue weighted by Crippen LogP contribution is -2.50. The predicted molar refractivity (Wildman–Crippen MR) is 84.7 cm³/mol. The molecule has 1 aromatic rings. The number of carbonyl (C=O) groups is 2. The Balaban J connectivity index is 1.92. The number of anilines is 1. The van der Waals surface area contributed by atoms with Gasteiger partial charge in [0.05, 0.1) is 17.3 Å². The van der Waals surface area contributed by atoms with Gasteiger partial charge in [-0.2, -0.15) is 5.10 Å². The maximum Gasteiger partial charge on any atom is 0.250 e. The second-order valence-corrected chi connectivity index (χ2v) is 7.29. The molecule has 3 heterocycles. The molecule has 114 valence electrons. The zero-order valence-electron chi connectivity index (χ0n) is 12.3. The fourth-order valence-electron chi connectivity index (χ4n) is 2.80. The Kier molecular flexibility index (Phi) is 3.92. The molecule has 0 radical (unpaired) electrons. The summed E-state index contributed by atoms with van der Waals surface area (Å²) in [5, 5.41) is 5.46. The largest absolute Gasteiger partial charge is 0.321 e. The number of aromatic nitrogens is 2. The summed E-state index contributed by atoms with van der Waals surface area (Å²) < 4.78 is 1.83. The van der Waals surface area contributed by atoms with E-state index in [0.717, 1.165) is 22.2 Å². The third kappa shape index (κ3) is 2.44. The molecule has 1 atom stereocenters. The number of thioether (sulfide) groups is 2. The predicted octanol–water partition coefficient (Wildman–Crippen LogP) is 1.09. The lowest BCUT2D eigenvalue weighted by molar-refractivity contribution is -0.135. The molecule has 2 aliphatic heterocycles. The highest BCUT2D eigenvalue weighted by Gasteiger charge is 2.38.